The molecule has 1 fully saturated rings. The first-order chi connectivity index (χ1) is 9.25. The van der Waals surface area contributed by atoms with E-state index in [1.54, 1.807) is 0 Å². The zero-order valence-electron chi connectivity index (χ0n) is 11.7. The monoisotopic (exact) mass is 295 g/mol. The summed E-state index contributed by atoms with van der Waals surface area (Å²) in [7, 11) is 0. The highest BCUT2D eigenvalue weighted by Gasteiger charge is 2.24. The van der Waals surface area contributed by atoms with Gasteiger partial charge in [-0.2, -0.15) is 0 Å². The maximum Gasteiger partial charge on any atom is 0.242 e. The third kappa shape index (κ3) is 2.85. The van der Waals surface area contributed by atoms with Crippen LogP contribution in [0.4, 0.5) is 11.4 Å². The van der Waals surface area contributed by atoms with Crippen LogP contribution in [0.3, 0.4) is 0 Å². The predicted molar refractivity (Wildman–Crippen MR) is 84.5 cm³/mol. The molecule has 1 saturated heterocycles. The number of carbonyl (C=O) groups excluding carboxylic acids is 1. The number of likely N-dealkylation sites (tertiary alicyclic amines) is 1. The highest BCUT2D eigenvalue weighted by atomic mass is 35.5. The number of fused-ring (bicyclic) bond motifs is 1. The van der Waals surface area contributed by atoms with Gasteiger partial charge >= 0.3 is 0 Å². The zero-order valence-corrected chi connectivity index (χ0v) is 12.5. The molecule has 2 aliphatic rings. The molecule has 0 aliphatic carbocycles. The first-order valence-corrected chi connectivity index (χ1v) is 7.16. The summed E-state index contributed by atoms with van der Waals surface area (Å²) in [6.45, 7) is 3.30. The molecule has 0 atom stereocenters. The van der Waals surface area contributed by atoms with Crippen LogP contribution in [0.15, 0.2) is 18.2 Å². The van der Waals surface area contributed by atoms with Crippen molar-refractivity contribution in [3.8, 4) is 0 Å². The molecule has 0 spiro atoms. The van der Waals surface area contributed by atoms with Crippen LogP contribution < -0.4 is 10.6 Å². The van der Waals surface area contributed by atoms with Crippen LogP contribution in [0, 0.1) is 0 Å². The maximum atomic E-state index is 12.3. The van der Waals surface area contributed by atoms with E-state index in [0.29, 0.717) is 6.54 Å². The van der Waals surface area contributed by atoms with Gasteiger partial charge in [-0.05, 0) is 43.4 Å². The molecule has 4 nitrogen and oxygen atoms in total. The van der Waals surface area contributed by atoms with Crippen molar-refractivity contribution >= 4 is 29.7 Å². The maximum absolute atomic E-state index is 12.3. The molecule has 1 aromatic carbocycles. The quantitative estimate of drug-likeness (QED) is 0.850. The van der Waals surface area contributed by atoms with Gasteiger partial charge in [0.05, 0.1) is 6.54 Å². The van der Waals surface area contributed by atoms with Gasteiger partial charge in [-0.3, -0.25) is 4.79 Å². The summed E-state index contributed by atoms with van der Waals surface area (Å²) in [5, 5.41) is 0. The van der Waals surface area contributed by atoms with Gasteiger partial charge in [-0.25, -0.2) is 0 Å². The minimum Gasteiger partial charge on any atom is -0.398 e. The summed E-state index contributed by atoms with van der Waals surface area (Å²) >= 11 is 0. The largest absolute Gasteiger partial charge is 0.398 e. The first-order valence-electron chi connectivity index (χ1n) is 7.16. The van der Waals surface area contributed by atoms with Crippen molar-refractivity contribution in [2.24, 2.45) is 0 Å². The van der Waals surface area contributed by atoms with E-state index >= 15 is 0 Å². The van der Waals surface area contributed by atoms with E-state index in [1.165, 1.54) is 5.56 Å². The van der Waals surface area contributed by atoms with Crippen molar-refractivity contribution in [3.05, 3.63) is 23.8 Å². The first kappa shape index (κ1) is 15.0. The molecule has 110 valence electrons. The Hall–Kier alpha value is -1.42. The van der Waals surface area contributed by atoms with Gasteiger partial charge in [0.2, 0.25) is 5.91 Å². The zero-order chi connectivity index (χ0) is 13.2. The number of hydrogen-bond donors (Lipinski definition) is 1. The van der Waals surface area contributed by atoms with Gasteiger partial charge in [0.1, 0.15) is 0 Å². The topological polar surface area (TPSA) is 49.6 Å². The summed E-state index contributed by atoms with van der Waals surface area (Å²) in [5.41, 5.74) is 9.25. The molecule has 2 aliphatic heterocycles. The molecule has 1 amide bonds. The van der Waals surface area contributed by atoms with Gasteiger partial charge in [-0.1, -0.05) is 6.07 Å². The summed E-state index contributed by atoms with van der Waals surface area (Å²) in [6, 6.07) is 6.01. The van der Waals surface area contributed by atoms with Gasteiger partial charge < -0.3 is 15.5 Å². The summed E-state index contributed by atoms with van der Waals surface area (Å²) in [6.07, 6.45) is 4.40. The normalized spacial score (nSPS) is 17.6. The smallest absolute Gasteiger partial charge is 0.242 e. The number of halogens is 1. The molecule has 0 aromatic heterocycles. The fourth-order valence-electron chi connectivity index (χ4n) is 3.12. The molecule has 20 heavy (non-hydrogen) atoms. The number of carbonyl (C=O) groups is 1. The van der Waals surface area contributed by atoms with Crippen molar-refractivity contribution in [2.75, 3.05) is 36.8 Å². The summed E-state index contributed by atoms with van der Waals surface area (Å²) < 4.78 is 0. The van der Waals surface area contributed by atoms with E-state index in [2.05, 4.69) is 11.0 Å². The Morgan fingerprint density at radius 1 is 1.15 bits per heavy atom. The Bertz CT molecular complexity index is 486. The van der Waals surface area contributed by atoms with Crippen LogP contribution in [0.1, 0.15) is 24.8 Å². The molecule has 3 rings (SSSR count). The second-order valence-electron chi connectivity index (χ2n) is 5.46. The Morgan fingerprint density at radius 2 is 1.90 bits per heavy atom. The highest BCUT2D eigenvalue weighted by Crippen LogP contribution is 2.31. The van der Waals surface area contributed by atoms with E-state index in [-0.39, 0.29) is 18.3 Å². The fraction of sp³-hybridized carbons (Fsp3) is 0.533. The SMILES string of the molecule is Cl.Nc1cccc2c1CCCN2CC(=O)N1CCCC1. The van der Waals surface area contributed by atoms with E-state index in [0.717, 1.165) is 56.7 Å². The van der Waals surface area contributed by atoms with Crippen LogP contribution in [-0.4, -0.2) is 37.0 Å². The lowest BCUT2D eigenvalue weighted by molar-refractivity contribution is -0.128. The molecular formula is C15H22ClN3O. The third-order valence-electron chi connectivity index (χ3n) is 4.17. The number of amides is 1. The molecule has 0 unspecified atom stereocenters. The number of nitrogens with zero attached hydrogens (tertiary/aromatic N) is 2. The Morgan fingerprint density at radius 3 is 2.65 bits per heavy atom. The van der Waals surface area contributed by atoms with Gasteiger partial charge in [0, 0.05) is 31.0 Å². The number of hydrogen-bond acceptors (Lipinski definition) is 3. The lowest BCUT2D eigenvalue weighted by Crippen LogP contribution is -2.41. The summed E-state index contributed by atoms with van der Waals surface area (Å²) in [5.74, 6) is 0.257. The summed E-state index contributed by atoms with van der Waals surface area (Å²) in [4.78, 5) is 16.4. The molecule has 0 saturated carbocycles. The lowest BCUT2D eigenvalue weighted by atomic mass is 10.00. The molecule has 2 N–H and O–H groups in total. The highest BCUT2D eigenvalue weighted by molar-refractivity contribution is 5.85. The molecule has 2 heterocycles. The molecule has 0 radical (unpaired) electrons. The van der Waals surface area contributed by atoms with Crippen molar-refractivity contribution in [2.45, 2.75) is 25.7 Å². The molecular weight excluding hydrogens is 274 g/mol. The van der Waals surface area contributed by atoms with E-state index in [9.17, 15) is 4.79 Å². The minimum absolute atomic E-state index is 0. The van der Waals surface area contributed by atoms with Crippen LogP contribution in [0.5, 0.6) is 0 Å². The van der Waals surface area contributed by atoms with Crippen molar-refractivity contribution in [3.63, 3.8) is 0 Å². The van der Waals surface area contributed by atoms with Crippen molar-refractivity contribution < 1.29 is 4.79 Å². The minimum atomic E-state index is 0. The van der Waals surface area contributed by atoms with Crippen LogP contribution >= 0.6 is 12.4 Å². The Balaban J connectivity index is 0.00000147. The number of nitrogen functional groups attached to an aromatic ring is 1. The Labute approximate surface area is 126 Å². The van der Waals surface area contributed by atoms with E-state index in [1.807, 2.05) is 17.0 Å². The Kier molecular flexibility index (Phi) is 4.76. The van der Waals surface area contributed by atoms with Crippen molar-refractivity contribution in [1.29, 1.82) is 0 Å². The second-order valence-corrected chi connectivity index (χ2v) is 5.46. The van der Waals surface area contributed by atoms with Gasteiger partial charge in [-0.15, -0.1) is 12.4 Å². The van der Waals surface area contributed by atoms with Crippen LogP contribution in [0.2, 0.25) is 0 Å². The number of nitrogens with two attached hydrogens (primary N) is 1. The van der Waals surface area contributed by atoms with Crippen molar-refractivity contribution in [1.82, 2.24) is 4.90 Å². The lowest BCUT2D eigenvalue weighted by Gasteiger charge is -2.32. The van der Waals surface area contributed by atoms with Gasteiger partial charge in [0.15, 0.2) is 0 Å². The second kappa shape index (κ2) is 6.35. The van der Waals surface area contributed by atoms with Crippen LogP contribution in [-0.2, 0) is 11.2 Å². The predicted octanol–water partition coefficient (Wildman–Crippen LogP) is 2.07. The molecule has 0 bridgehead atoms. The fourth-order valence-corrected chi connectivity index (χ4v) is 3.12. The van der Waals surface area contributed by atoms with Gasteiger partial charge in [0.25, 0.3) is 0 Å². The van der Waals surface area contributed by atoms with E-state index < -0.39 is 0 Å². The van der Waals surface area contributed by atoms with E-state index in [4.69, 9.17) is 5.73 Å². The van der Waals surface area contributed by atoms with Crippen LogP contribution in [0.25, 0.3) is 0 Å². The number of rotatable bonds is 2. The molecule has 1 aromatic rings. The molecule has 5 heteroatoms. The average molecular weight is 296 g/mol. The number of benzene rings is 1. The standard InChI is InChI=1S/C15H21N3O.ClH/c16-13-6-3-7-14-12(13)5-4-10-18(14)11-15(19)17-8-1-2-9-17;/h3,6-7H,1-2,4-5,8-11,16H2;1H. The third-order valence-corrected chi connectivity index (χ3v) is 4.17. The average Bonchev–Trinajstić information content (AvgIpc) is 2.94. The number of anilines is 2.